The van der Waals surface area contributed by atoms with Crippen LogP contribution in [0.15, 0.2) is 35.1 Å². The van der Waals surface area contributed by atoms with Gasteiger partial charge in [0.1, 0.15) is 0 Å². The fourth-order valence-corrected chi connectivity index (χ4v) is 2.55. The number of hydrogen-bond donors (Lipinski definition) is 1. The van der Waals surface area contributed by atoms with E-state index in [1.165, 1.54) is 0 Å². The molecule has 0 saturated carbocycles. The minimum Gasteiger partial charge on any atom is -0.376 e. The normalized spacial score (nSPS) is 12.2. The van der Waals surface area contributed by atoms with Crippen LogP contribution in [0.2, 0.25) is 5.02 Å². The molecule has 18 heavy (non-hydrogen) atoms. The highest BCUT2D eigenvalue weighted by Gasteiger charge is 2.11. The summed E-state index contributed by atoms with van der Waals surface area (Å²) >= 11 is 9.40. The summed E-state index contributed by atoms with van der Waals surface area (Å²) in [6, 6.07) is 5.73. The maximum atomic E-state index is 5.92. The van der Waals surface area contributed by atoms with Crippen LogP contribution in [0.3, 0.4) is 0 Å². The van der Waals surface area contributed by atoms with Gasteiger partial charge in [-0.1, -0.05) is 11.6 Å². The number of aryl methyl sites for hydroxylation is 1. The summed E-state index contributed by atoms with van der Waals surface area (Å²) in [5.74, 6) is 0. The van der Waals surface area contributed by atoms with Crippen molar-refractivity contribution >= 4 is 33.2 Å². The van der Waals surface area contributed by atoms with Gasteiger partial charge in [-0.25, -0.2) is 0 Å². The smallest absolute Gasteiger partial charge is 0.0835 e. The molecule has 0 aliphatic carbocycles. The maximum Gasteiger partial charge on any atom is 0.0835 e. The van der Waals surface area contributed by atoms with E-state index in [-0.39, 0.29) is 6.04 Å². The molecule has 0 bridgehead atoms. The van der Waals surface area contributed by atoms with Crippen LogP contribution in [-0.2, 0) is 0 Å². The summed E-state index contributed by atoms with van der Waals surface area (Å²) in [6.45, 7) is 4.01. The average Bonchev–Trinajstić information content (AvgIpc) is 2.33. The summed E-state index contributed by atoms with van der Waals surface area (Å²) in [5.41, 5.74) is 2.86. The van der Waals surface area contributed by atoms with Crippen LogP contribution in [0.25, 0.3) is 0 Å². The first-order valence-corrected chi connectivity index (χ1v) is 6.74. The zero-order valence-corrected chi connectivity index (χ0v) is 12.5. The third-order valence-electron chi connectivity index (χ3n) is 2.63. The highest BCUT2D eigenvalue weighted by Crippen LogP contribution is 2.29. The van der Waals surface area contributed by atoms with E-state index in [0.29, 0.717) is 5.02 Å². The Balaban J connectivity index is 2.21. The van der Waals surface area contributed by atoms with Crippen molar-refractivity contribution in [2.45, 2.75) is 19.9 Å². The molecule has 1 unspecified atom stereocenters. The molecule has 5 heteroatoms. The Labute approximate surface area is 120 Å². The van der Waals surface area contributed by atoms with Crippen molar-refractivity contribution in [3.63, 3.8) is 0 Å². The summed E-state index contributed by atoms with van der Waals surface area (Å²) in [6.07, 6.45) is 3.40. The fourth-order valence-electron chi connectivity index (χ4n) is 1.75. The van der Waals surface area contributed by atoms with E-state index in [1.807, 2.05) is 25.1 Å². The number of halogens is 2. The lowest BCUT2D eigenvalue weighted by atomic mass is 10.2. The maximum absolute atomic E-state index is 5.92. The van der Waals surface area contributed by atoms with Gasteiger partial charge in [-0.15, -0.1) is 0 Å². The molecule has 0 spiro atoms. The molecule has 1 aromatic carbocycles. The first kappa shape index (κ1) is 13.3. The molecule has 0 aliphatic rings. The van der Waals surface area contributed by atoms with Crippen molar-refractivity contribution in [1.29, 1.82) is 0 Å². The molecule has 0 radical (unpaired) electrons. The van der Waals surface area contributed by atoms with E-state index >= 15 is 0 Å². The topological polar surface area (TPSA) is 37.8 Å². The van der Waals surface area contributed by atoms with Crippen molar-refractivity contribution in [2.75, 3.05) is 5.32 Å². The number of aromatic nitrogens is 2. The van der Waals surface area contributed by atoms with Gasteiger partial charge in [0.05, 0.1) is 17.4 Å². The van der Waals surface area contributed by atoms with Gasteiger partial charge in [-0.3, -0.25) is 9.97 Å². The van der Waals surface area contributed by atoms with E-state index in [0.717, 1.165) is 21.5 Å². The highest BCUT2D eigenvalue weighted by molar-refractivity contribution is 9.10. The average molecular weight is 327 g/mol. The highest BCUT2D eigenvalue weighted by atomic mass is 79.9. The predicted octanol–water partition coefficient (Wildman–Crippen LogP) is 4.37. The number of nitrogens with zero attached hydrogens (tertiary/aromatic N) is 2. The molecule has 94 valence electrons. The fraction of sp³-hybridized carbons (Fsp3) is 0.231. The van der Waals surface area contributed by atoms with Crippen LogP contribution >= 0.6 is 27.5 Å². The van der Waals surface area contributed by atoms with E-state index in [1.54, 1.807) is 12.4 Å². The Bertz CT molecular complexity index is 560. The summed E-state index contributed by atoms with van der Waals surface area (Å²) in [5, 5.41) is 4.09. The molecular weight excluding hydrogens is 314 g/mol. The van der Waals surface area contributed by atoms with E-state index in [9.17, 15) is 0 Å². The predicted molar refractivity (Wildman–Crippen MR) is 78.0 cm³/mol. The Morgan fingerprint density at radius 1 is 1.28 bits per heavy atom. The van der Waals surface area contributed by atoms with Crippen molar-refractivity contribution in [1.82, 2.24) is 9.97 Å². The molecule has 0 saturated heterocycles. The zero-order valence-electron chi connectivity index (χ0n) is 10.1. The summed E-state index contributed by atoms with van der Waals surface area (Å²) in [7, 11) is 0. The van der Waals surface area contributed by atoms with Crippen molar-refractivity contribution in [3.05, 3.63) is 51.5 Å². The second-order valence-electron chi connectivity index (χ2n) is 4.02. The number of anilines is 1. The SMILES string of the molecule is Cc1nccnc1C(C)Nc1ccc(Cl)cc1Br. The molecular formula is C13H13BrClN3. The number of rotatable bonds is 3. The Morgan fingerprint density at radius 3 is 2.67 bits per heavy atom. The lowest BCUT2D eigenvalue weighted by molar-refractivity contribution is 0.809. The molecule has 1 heterocycles. The largest absolute Gasteiger partial charge is 0.376 e. The first-order chi connectivity index (χ1) is 8.58. The number of nitrogens with one attached hydrogen (secondary N) is 1. The number of benzene rings is 1. The molecule has 1 N–H and O–H groups in total. The van der Waals surface area contributed by atoms with Gasteiger partial charge in [0.25, 0.3) is 0 Å². The third kappa shape index (κ3) is 3.00. The second kappa shape index (κ2) is 5.67. The first-order valence-electron chi connectivity index (χ1n) is 5.57. The number of hydrogen-bond acceptors (Lipinski definition) is 3. The van der Waals surface area contributed by atoms with Crippen LogP contribution in [-0.4, -0.2) is 9.97 Å². The molecule has 1 aromatic heterocycles. The van der Waals surface area contributed by atoms with Gasteiger partial charge in [-0.2, -0.15) is 0 Å². The van der Waals surface area contributed by atoms with Crippen molar-refractivity contribution in [2.24, 2.45) is 0 Å². The molecule has 0 amide bonds. The van der Waals surface area contributed by atoms with Gasteiger partial charge in [0, 0.05) is 27.6 Å². The lowest BCUT2D eigenvalue weighted by Gasteiger charge is -2.17. The second-order valence-corrected chi connectivity index (χ2v) is 5.31. The van der Waals surface area contributed by atoms with Crippen LogP contribution in [0.5, 0.6) is 0 Å². The van der Waals surface area contributed by atoms with Crippen LogP contribution in [0.1, 0.15) is 24.4 Å². The van der Waals surface area contributed by atoms with E-state index in [2.05, 4.69) is 38.1 Å². The van der Waals surface area contributed by atoms with E-state index < -0.39 is 0 Å². The molecule has 1 atom stereocenters. The van der Waals surface area contributed by atoms with Crippen LogP contribution in [0, 0.1) is 6.92 Å². The summed E-state index contributed by atoms with van der Waals surface area (Å²) < 4.78 is 0.934. The van der Waals surface area contributed by atoms with Crippen LogP contribution < -0.4 is 5.32 Å². The third-order valence-corrected chi connectivity index (χ3v) is 3.52. The van der Waals surface area contributed by atoms with Gasteiger partial charge >= 0.3 is 0 Å². The molecule has 2 rings (SSSR count). The Morgan fingerprint density at radius 2 is 2.00 bits per heavy atom. The lowest BCUT2D eigenvalue weighted by Crippen LogP contribution is -2.11. The zero-order chi connectivity index (χ0) is 13.1. The van der Waals surface area contributed by atoms with Gasteiger partial charge in [-0.05, 0) is 48.0 Å². The molecule has 2 aromatic rings. The van der Waals surface area contributed by atoms with Gasteiger partial charge in [0.2, 0.25) is 0 Å². The molecule has 0 aliphatic heterocycles. The minimum atomic E-state index is 0.0798. The van der Waals surface area contributed by atoms with Gasteiger partial charge in [0.15, 0.2) is 0 Å². The van der Waals surface area contributed by atoms with Crippen molar-refractivity contribution in [3.8, 4) is 0 Å². The minimum absolute atomic E-state index is 0.0798. The Hall–Kier alpha value is -1.13. The molecule has 3 nitrogen and oxygen atoms in total. The Kier molecular flexibility index (Phi) is 4.19. The standard InChI is InChI=1S/C13H13BrClN3/c1-8-13(17-6-5-16-8)9(2)18-12-4-3-10(15)7-11(12)14/h3-7,9,18H,1-2H3. The van der Waals surface area contributed by atoms with Gasteiger partial charge < -0.3 is 5.32 Å². The van der Waals surface area contributed by atoms with E-state index in [4.69, 9.17) is 11.6 Å². The summed E-state index contributed by atoms with van der Waals surface area (Å²) in [4.78, 5) is 8.60. The monoisotopic (exact) mass is 325 g/mol. The molecule has 0 fully saturated rings. The quantitative estimate of drug-likeness (QED) is 0.910. The van der Waals surface area contributed by atoms with Crippen molar-refractivity contribution < 1.29 is 0 Å². The van der Waals surface area contributed by atoms with Crippen LogP contribution in [0.4, 0.5) is 5.69 Å².